The van der Waals surface area contributed by atoms with Gasteiger partial charge in [0.1, 0.15) is 11.6 Å². The summed E-state index contributed by atoms with van der Waals surface area (Å²) in [5.41, 5.74) is 7.20. The van der Waals surface area contributed by atoms with Gasteiger partial charge in [0, 0.05) is 59.8 Å². The molecule has 2 fully saturated rings. The number of Topliss-reactive ketones (excluding diaryl/α,β-unsaturated/α-hetero) is 2. The Morgan fingerprint density at radius 1 is 0.583 bits per heavy atom. The molecule has 0 bridgehead atoms. The number of carbonyl (C=O) groups excluding carboxylic acids is 5. The van der Waals surface area contributed by atoms with Gasteiger partial charge in [-0.2, -0.15) is 13.2 Å². The number of nitrogens with zero attached hydrogens (tertiary/aromatic N) is 4. The Balaban J connectivity index is 0.000000232. The van der Waals surface area contributed by atoms with E-state index >= 15 is 0 Å². The van der Waals surface area contributed by atoms with E-state index < -0.39 is 36.0 Å². The first kappa shape index (κ1) is 44.9. The summed E-state index contributed by atoms with van der Waals surface area (Å²) in [6.07, 6.45) is 0.812. The van der Waals surface area contributed by atoms with Crippen molar-refractivity contribution in [2.75, 3.05) is 49.1 Å². The minimum atomic E-state index is -5.11. The van der Waals surface area contributed by atoms with E-state index in [2.05, 4.69) is 0 Å². The van der Waals surface area contributed by atoms with Gasteiger partial charge < -0.3 is 20.9 Å². The van der Waals surface area contributed by atoms with Crippen LogP contribution in [0.2, 0.25) is 0 Å². The van der Waals surface area contributed by atoms with Gasteiger partial charge in [0.05, 0.1) is 26.2 Å². The molecular weight excluding hydrogens is 788 g/mol. The van der Waals surface area contributed by atoms with Crippen molar-refractivity contribution in [1.82, 2.24) is 15.1 Å². The zero-order valence-corrected chi connectivity index (χ0v) is 32.9. The first-order valence-electron chi connectivity index (χ1n) is 19.7. The number of rotatable bonds is 11. The van der Waals surface area contributed by atoms with E-state index in [0.29, 0.717) is 37.4 Å². The summed E-state index contributed by atoms with van der Waals surface area (Å²) >= 11 is 0. The number of nitrogens with one attached hydrogen (secondary N) is 1. The number of hydrogen-bond donors (Lipinski definition) is 2. The largest absolute Gasteiger partial charge is 0.471 e. The summed E-state index contributed by atoms with van der Waals surface area (Å²) < 4.78 is 66.2. The average Bonchev–Trinajstić information content (AvgIpc) is 3.27. The molecular formula is C44H47F5N6O5. The van der Waals surface area contributed by atoms with E-state index in [1.165, 1.54) is 28.4 Å². The van der Waals surface area contributed by atoms with Crippen LogP contribution < -0.4 is 20.9 Å². The maximum Gasteiger partial charge on any atom is 0.471 e. The third-order valence-electron chi connectivity index (χ3n) is 10.1. The second-order valence-electron chi connectivity index (χ2n) is 14.3. The molecule has 16 heteroatoms. The van der Waals surface area contributed by atoms with Gasteiger partial charge in [-0.15, -0.1) is 0 Å². The van der Waals surface area contributed by atoms with Crippen LogP contribution >= 0.6 is 0 Å². The number of nitrogens with two attached hydrogens (primary N) is 1. The number of amides is 5. The molecule has 318 valence electrons. The van der Waals surface area contributed by atoms with Crippen LogP contribution in [0.3, 0.4) is 0 Å². The molecule has 6 rings (SSSR count). The minimum absolute atomic E-state index is 0.0928. The number of piperidine rings is 2. The smallest absolute Gasteiger partial charge is 0.341 e. The molecule has 3 N–H and O–H groups in total. The Hall–Kier alpha value is -6.16. The molecule has 4 aromatic rings. The van der Waals surface area contributed by atoms with Crippen LogP contribution in [0.25, 0.3) is 0 Å². The topological polar surface area (TPSA) is 136 Å². The summed E-state index contributed by atoms with van der Waals surface area (Å²) in [5.74, 6) is -4.73. The number of anilines is 2. The van der Waals surface area contributed by atoms with Crippen molar-refractivity contribution >= 4 is 40.9 Å². The third-order valence-corrected chi connectivity index (χ3v) is 10.1. The number of halogens is 5. The van der Waals surface area contributed by atoms with Crippen molar-refractivity contribution in [3.63, 3.8) is 0 Å². The Morgan fingerprint density at radius 2 is 0.983 bits per heavy atom. The summed E-state index contributed by atoms with van der Waals surface area (Å²) in [6, 6.07) is 25.5. The van der Waals surface area contributed by atoms with Crippen LogP contribution in [0.5, 0.6) is 0 Å². The van der Waals surface area contributed by atoms with Crippen molar-refractivity contribution in [1.29, 1.82) is 0 Å². The predicted octanol–water partition coefficient (Wildman–Crippen LogP) is 7.88. The molecule has 5 amide bonds. The molecule has 60 heavy (non-hydrogen) atoms. The zero-order valence-electron chi connectivity index (χ0n) is 32.9. The maximum atomic E-state index is 14.8. The lowest BCUT2D eigenvalue weighted by molar-refractivity contribution is -0.173. The SMILES string of the molecule is NCC(=O)c1ccc(CN(C(=O)N2CCCCC2)c2ccccc2)c(F)c1.O=C(CNC(=O)C(F)(F)F)c1ccc(CN(C(=O)N2CCCCC2)c2ccccc2)c(F)c1. The molecule has 4 aromatic carbocycles. The number of hydrogen-bond acceptors (Lipinski definition) is 6. The van der Waals surface area contributed by atoms with Gasteiger partial charge in [-0.1, -0.05) is 60.7 Å². The van der Waals surface area contributed by atoms with Crippen molar-refractivity contribution in [3.8, 4) is 0 Å². The number of urea groups is 2. The molecule has 0 unspecified atom stereocenters. The van der Waals surface area contributed by atoms with Crippen molar-refractivity contribution in [2.24, 2.45) is 5.73 Å². The van der Waals surface area contributed by atoms with E-state index in [-0.39, 0.29) is 54.2 Å². The molecule has 2 aliphatic rings. The van der Waals surface area contributed by atoms with Gasteiger partial charge in [0.15, 0.2) is 11.6 Å². The molecule has 11 nitrogen and oxygen atoms in total. The fourth-order valence-corrected chi connectivity index (χ4v) is 6.79. The van der Waals surface area contributed by atoms with E-state index in [1.54, 1.807) is 52.3 Å². The Bertz CT molecular complexity index is 2110. The van der Waals surface area contributed by atoms with Crippen LogP contribution in [0.15, 0.2) is 97.1 Å². The minimum Gasteiger partial charge on any atom is -0.341 e. The third kappa shape index (κ3) is 12.2. The highest BCUT2D eigenvalue weighted by Gasteiger charge is 2.38. The molecule has 2 aliphatic heterocycles. The highest BCUT2D eigenvalue weighted by molar-refractivity contribution is 6.00. The Labute approximate surface area is 344 Å². The summed E-state index contributed by atoms with van der Waals surface area (Å²) in [7, 11) is 0. The second-order valence-corrected chi connectivity index (χ2v) is 14.3. The van der Waals surface area contributed by atoms with Crippen LogP contribution in [0.4, 0.5) is 42.9 Å². The number of benzene rings is 4. The monoisotopic (exact) mass is 834 g/mol. The van der Waals surface area contributed by atoms with Gasteiger partial charge in [-0.05, 0) is 74.9 Å². The fraction of sp³-hybridized carbons (Fsp3) is 0.341. The second kappa shape index (κ2) is 21.2. The quantitative estimate of drug-likeness (QED) is 0.117. The molecule has 2 heterocycles. The van der Waals surface area contributed by atoms with E-state index in [9.17, 15) is 45.9 Å². The van der Waals surface area contributed by atoms with E-state index in [1.807, 2.05) is 35.2 Å². The van der Waals surface area contributed by atoms with Gasteiger partial charge in [0.2, 0.25) is 0 Å². The summed E-state index contributed by atoms with van der Waals surface area (Å²) in [5, 5.41) is 1.47. The number of carbonyl (C=O) groups is 5. The molecule has 0 spiro atoms. The fourth-order valence-electron chi connectivity index (χ4n) is 6.79. The van der Waals surface area contributed by atoms with E-state index in [0.717, 1.165) is 50.3 Å². The number of ketones is 2. The Morgan fingerprint density at radius 3 is 1.35 bits per heavy atom. The lowest BCUT2D eigenvalue weighted by atomic mass is 10.1. The van der Waals surface area contributed by atoms with Gasteiger partial charge in [0.25, 0.3) is 0 Å². The maximum absolute atomic E-state index is 14.8. The van der Waals surface area contributed by atoms with E-state index in [4.69, 9.17) is 5.73 Å². The molecule has 2 saturated heterocycles. The molecule has 0 radical (unpaired) electrons. The van der Waals surface area contributed by atoms with Gasteiger partial charge in [-0.25, -0.2) is 18.4 Å². The van der Waals surface area contributed by atoms with Crippen molar-refractivity contribution in [3.05, 3.63) is 131 Å². The summed E-state index contributed by atoms with van der Waals surface area (Å²) in [6.45, 7) is 1.59. The lowest BCUT2D eigenvalue weighted by Gasteiger charge is -2.33. The molecule has 0 aromatic heterocycles. The highest BCUT2D eigenvalue weighted by atomic mass is 19.4. The van der Waals surface area contributed by atoms with Crippen LogP contribution in [0, 0.1) is 11.6 Å². The number of likely N-dealkylation sites (tertiary alicyclic amines) is 2. The van der Waals surface area contributed by atoms with Gasteiger partial charge >= 0.3 is 24.1 Å². The Kier molecular flexibility index (Phi) is 15.9. The number of alkyl halides is 3. The van der Waals surface area contributed by atoms with Crippen molar-refractivity contribution in [2.45, 2.75) is 57.8 Å². The summed E-state index contributed by atoms with van der Waals surface area (Å²) in [4.78, 5) is 67.5. The van der Waals surface area contributed by atoms with Crippen LogP contribution in [0.1, 0.15) is 70.4 Å². The molecule has 0 atom stereocenters. The van der Waals surface area contributed by atoms with Crippen LogP contribution in [-0.4, -0.2) is 84.8 Å². The standard InChI is InChI=1S/C23H23F4N3O3.C21H24FN3O2/c24-19-13-16(20(31)14-28-21(32)23(25,26)27)9-10-17(19)15-30(18-7-3-1-4-8-18)22(33)29-11-5-2-6-12-29;22-19-13-16(20(26)14-23)9-10-17(19)15-25(18-7-3-1-4-8-18)21(27)24-11-5-2-6-12-24/h1,3-4,7-10,13H,2,5-6,11-12,14-15H2,(H,28,32);1,3-4,7-10,13H,2,5-6,11-12,14-15,23H2. The normalized spacial score (nSPS) is 14.0. The van der Waals surface area contributed by atoms with Gasteiger partial charge in [-0.3, -0.25) is 24.2 Å². The first-order valence-corrected chi connectivity index (χ1v) is 19.7. The molecule has 0 saturated carbocycles. The van der Waals surface area contributed by atoms with Crippen molar-refractivity contribution < 1.29 is 45.9 Å². The highest BCUT2D eigenvalue weighted by Crippen LogP contribution is 2.25. The lowest BCUT2D eigenvalue weighted by Crippen LogP contribution is -2.45. The first-order chi connectivity index (χ1) is 28.8. The predicted molar refractivity (Wildman–Crippen MR) is 216 cm³/mol. The average molecular weight is 835 g/mol. The number of para-hydroxylation sites is 2. The van der Waals surface area contributed by atoms with Crippen LogP contribution in [-0.2, 0) is 17.9 Å². The molecule has 0 aliphatic carbocycles. The zero-order chi connectivity index (χ0) is 43.2.